The van der Waals surface area contributed by atoms with Crippen LogP contribution in [0.25, 0.3) is 0 Å². The zero-order chi connectivity index (χ0) is 21.2. The lowest BCUT2D eigenvalue weighted by molar-refractivity contribution is -0.118. The SMILES string of the molecule is COc1cc(/C=N/N2CC(=O)NC2=O)ccc1OS(=O)(=O)c1cc(C)ccc1C. The van der Waals surface area contributed by atoms with Crippen LogP contribution in [0.5, 0.6) is 11.5 Å². The maximum absolute atomic E-state index is 12.7. The highest BCUT2D eigenvalue weighted by Crippen LogP contribution is 2.31. The number of hydrogen-bond donors (Lipinski definition) is 1. The highest BCUT2D eigenvalue weighted by Gasteiger charge is 2.26. The van der Waals surface area contributed by atoms with Gasteiger partial charge in [0.15, 0.2) is 11.5 Å². The standard InChI is InChI=1S/C19H19N3O6S/c1-12-4-5-13(2)17(8-12)29(25,26)28-15-7-6-14(9-16(15)27-3)10-20-22-11-18(23)21-19(22)24/h4-10H,11H2,1-3H3,(H,21,23,24)/b20-10+. The molecule has 0 unspecified atom stereocenters. The second kappa shape index (κ2) is 7.92. The summed E-state index contributed by atoms with van der Waals surface area (Å²) in [5.41, 5.74) is 1.88. The third-order valence-electron chi connectivity index (χ3n) is 4.12. The van der Waals surface area contributed by atoms with E-state index in [1.54, 1.807) is 32.0 Å². The van der Waals surface area contributed by atoms with Crippen molar-refractivity contribution in [3.8, 4) is 11.5 Å². The predicted octanol–water partition coefficient (Wildman–Crippen LogP) is 1.97. The summed E-state index contributed by atoms with van der Waals surface area (Å²) in [6.45, 7) is 3.31. The minimum Gasteiger partial charge on any atom is -0.493 e. The lowest BCUT2D eigenvalue weighted by Crippen LogP contribution is -2.24. The van der Waals surface area contributed by atoms with E-state index < -0.39 is 22.1 Å². The van der Waals surface area contributed by atoms with Gasteiger partial charge in [0, 0.05) is 0 Å². The Kier molecular flexibility index (Phi) is 5.55. The van der Waals surface area contributed by atoms with Gasteiger partial charge in [0.05, 0.1) is 13.3 Å². The molecule has 1 N–H and O–H groups in total. The molecule has 2 aromatic carbocycles. The van der Waals surface area contributed by atoms with Crippen molar-refractivity contribution < 1.29 is 26.9 Å². The van der Waals surface area contributed by atoms with E-state index in [9.17, 15) is 18.0 Å². The molecule has 0 bridgehead atoms. The fourth-order valence-corrected chi connectivity index (χ4v) is 3.89. The zero-order valence-electron chi connectivity index (χ0n) is 16.0. The summed E-state index contributed by atoms with van der Waals surface area (Å²) in [5, 5.41) is 7.02. The Labute approximate surface area is 168 Å². The van der Waals surface area contributed by atoms with E-state index in [4.69, 9.17) is 8.92 Å². The number of carbonyl (C=O) groups excluding carboxylic acids is 2. The monoisotopic (exact) mass is 417 g/mol. The summed E-state index contributed by atoms with van der Waals surface area (Å²) in [7, 11) is -2.69. The molecule has 0 aromatic heterocycles. The number of imide groups is 1. The predicted molar refractivity (Wildman–Crippen MR) is 105 cm³/mol. The van der Waals surface area contributed by atoms with Crippen molar-refractivity contribution in [2.45, 2.75) is 18.7 Å². The van der Waals surface area contributed by atoms with Crippen LogP contribution in [0, 0.1) is 13.8 Å². The molecule has 2 aromatic rings. The Hall–Kier alpha value is -3.40. The first-order valence-electron chi connectivity index (χ1n) is 8.55. The van der Waals surface area contributed by atoms with Gasteiger partial charge in [0.25, 0.3) is 0 Å². The summed E-state index contributed by atoms with van der Waals surface area (Å²) in [4.78, 5) is 22.7. The van der Waals surface area contributed by atoms with Crippen LogP contribution >= 0.6 is 0 Å². The molecule has 0 atom stereocenters. The van der Waals surface area contributed by atoms with Crippen LogP contribution in [0.1, 0.15) is 16.7 Å². The van der Waals surface area contributed by atoms with Gasteiger partial charge in [-0.1, -0.05) is 12.1 Å². The molecule has 9 nitrogen and oxygen atoms in total. The quantitative estimate of drug-likeness (QED) is 0.437. The van der Waals surface area contributed by atoms with Gasteiger partial charge >= 0.3 is 16.1 Å². The van der Waals surface area contributed by atoms with E-state index in [2.05, 4.69) is 10.4 Å². The summed E-state index contributed by atoms with van der Waals surface area (Å²) < 4.78 is 35.9. The number of nitrogens with zero attached hydrogens (tertiary/aromatic N) is 2. The van der Waals surface area contributed by atoms with Crippen LogP contribution < -0.4 is 14.2 Å². The van der Waals surface area contributed by atoms with Crippen molar-refractivity contribution >= 4 is 28.3 Å². The fraction of sp³-hybridized carbons (Fsp3) is 0.211. The van der Waals surface area contributed by atoms with E-state index in [0.717, 1.165) is 10.6 Å². The number of urea groups is 1. The molecule has 0 aliphatic carbocycles. The van der Waals surface area contributed by atoms with Crippen LogP contribution in [0.4, 0.5) is 4.79 Å². The summed E-state index contributed by atoms with van der Waals surface area (Å²) >= 11 is 0. The van der Waals surface area contributed by atoms with Gasteiger partial charge in [-0.25, -0.2) is 9.80 Å². The molecule has 0 radical (unpaired) electrons. The molecule has 0 saturated carbocycles. The van der Waals surface area contributed by atoms with Gasteiger partial charge in [-0.3, -0.25) is 10.1 Å². The molecule has 29 heavy (non-hydrogen) atoms. The summed E-state index contributed by atoms with van der Waals surface area (Å²) in [5.74, 6) is -0.255. The minimum atomic E-state index is -4.06. The number of aryl methyl sites for hydroxylation is 2. The molecule has 1 fully saturated rings. The third kappa shape index (κ3) is 4.54. The van der Waals surface area contributed by atoms with Crippen molar-refractivity contribution in [1.29, 1.82) is 0 Å². The Balaban J connectivity index is 1.84. The van der Waals surface area contributed by atoms with E-state index in [0.29, 0.717) is 11.1 Å². The van der Waals surface area contributed by atoms with Crippen LogP contribution in [0.3, 0.4) is 0 Å². The van der Waals surface area contributed by atoms with E-state index in [1.165, 1.54) is 25.5 Å². The van der Waals surface area contributed by atoms with Gasteiger partial charge in [-0.15, -0.1) is 0 Å². The van der Waals surface area contributed by atoms with Crippen molar-refractivity contribution in [3.05, 3.63) is 53.1 Å². The number of carbonyl (C=O) groups is 2. The third-order valence-corrected chi connectivity index (χ3v) is 5.50. The first-order chi connectivity index (χ1) is 13.7. The smallest absolute Gasteiger partial charge is 0.344 e. The molecular weight excluding hydrogens is 398 g/mol. The lowest BCUT2D eigenvalue weighted by Gasteiger charge is -2.13. The molecule has 1 aliphatic heterocycles. The molecular formula is C19H19N3O6S. The van der Waals surface area contributed by atoms with Crippen molar-refractivity contribution in [1.82, 2.24) is 10.3 Å². The minimum absolute atomic E-state index is 0.0136. The van der Waals surface area contributed by atoms with Crippen molar-refractivity contribution in [3.63, 3.8) is 0 Å². The first kappa shape index (κ1) is 20.3. The number of nitrogens with one attached hydrogen (secondary N) is 1. The van der Waals surface area contributed by atoms with Gasteiger partial charge in [-0.05, 0) is 54.8 Å². The van der Waals surface area contributed by atoms with Crippen LogP contribution in [-0.4, -0.2) is 45.2 Å². The highest BCUT2D eigenvalue weighted by atomic mass is 32.2. The molecule has 0 spiro atoms. The maximum atomic E-state index is 12.7. The second-order valence-electron chi connectivity index (χ2n) is 6.37. The van der Waals surface area contributed by atoms with Crippen LogP contribution in [0.2, 0.25) is 0 Å². The second-order valence-corrected chi connectivity index (χ2v) is 7.89. The van der Waals surface area contributed by atoms with Crippen molar-refractivity contribution in [2.75, 3.05) is 13.7 Å². The van der Waals surface area contributed by atoms with E-state index in [1.807, 2.05) is 6.07 Å². The molecule has 3 rings (SSSR count). The zero-order valence-corrected chi connectivity index (χ0v) is 16.8. The van der Waals surface area contributed by atoms with E-state index in [-0.39, 0.29) is 22.9 Å². The Morgan fingerprint density at radius 1 is 1.10 bits per heavy atom. The molecule has 1 aliphatic rings. The number of benzene rings is 2. The molecule has 3 amide bonds. The molecule has 1 saturated heterocycles. The van der Waals surface area contributed by atoms with Crippen LogP contribution in [0.15, 0.2) is 46.4 Å². The van der Waals surface area contributed by atoms with E-state index >= 15 is 0 Å². The number of ether oxygens (including phenoxy) is 1. The number of hydrogen-bond acceptors (Lipinski definition) is 7. The molecule has 10 heteroatoms. The number of rotatable bonds is 6. The normalized spacial score (nSPS) is 14.4. The van der Waals surface area contributed by atoms with Gasteiger partial charge in [0.1, 0.15) is 11.4 Å². The Bertz CT molecular complexity index is 1110. The lowest BCUT2D eigenvalue weighted by atomic mass is 10.2. The largest absolute Gasteiger partial charge is 0.493 e. The maximum Gasteiger partial charge on any atom is 0.344 e. The Morgan fingerprint density at radius 3 is 2.52 bits per heavy atom. The number of methoxy groups -OCH3 is 1. The summed E-state index contributed by atoms with van der Waals surface area (Å²) in [6.07, 6.45) is 1.35. The highest BCUT2D eigenvalue weighted by molar-refractivity contribution is 7.87. The summed E-state index contributed by atoms with van der Waals surface area (Å²) in [6, 6.07) is 8.94. The fourth-order valence-electron chi connectivity index (χ4n) is 2.63. The van der Waals surface area contributed by atoms with Crippen LogP contribution in [-0.2, 0) is 14.9 Å². The first-order valence-corrected chi connectivity index (χ1v) is 9.95. The Morgan fingerprint density at radius 2 is 1.86 bits per heavy atom. The van der Waals surface area contributed by atoms with Gasteiger partial charge in [0.2, 0.25) is 5.91 Å². The van der Waals surface area contributed by atoms with Gasteiger partial charge in [-0.2, -0.15) is 13.5 Å². The number of amides is 3. The molecule has 152 valence electrons. The van der Waals surface area contributed by atoms with Gasteiger partial charge < -0.3 is 8.92 Å². The topological polar surface area (TPSA) is 114 Å². The van der Waals surface area contributed by atoms with Crippen molar-refractivity contribution in [2.24, 2.45) is 5.10 Å². The average molecular weight is 417 g/mol. The average Bonchev–Trinajstić information content (AvgIpc) is 2.99. The number of hydrazone groups is 1. The molecule has 1 heterocycles.